The van der Waals surface area contributed by atoms with Crippen molar-refractivity contribution < 1.29 is 4.79 Å². The number of anilines is 1. The quantitative estimate of drug-likeness (QED) is 0.471. The molecule has 0 atom stereocenters. The molecule has 3 aromatic carbocycles. The third kappa shape index (κ3) is 3.29. The molecule has 0 radical (unpaired) electrons. The van der Waals surface area contributed by atoms with Crippen LogP contribution in [0.15, 0.2) is 66.7 Å². The van der Waals surface area contributed by atoms with Crippen LogP contribution in [-0.2, 0) is 0 Å². The van der Waals surface area contributed by atoms with Gasteiger partial charge in [-0.25, -0.2) is 4.98 Å². The predicted octanol–water partition coefficient (Wildman–Crippen LogP) is 5.79. The Bertz CT molecular complexity index is 1090. The van der Waals surface area contributed by atoms with E-state index in [9.17, 15) is 4.79 Å². The van der Waals surface area contributed by atoms with Crippen molar-refractivity contribution in [3.8, 4) is 11.4 Å². The lowest BCUT2D eigenvalue weighted by molar-refractivity contribution is 0.102. The molecule has 0 aliphatic rings. The maximum absolute atomic E-state index is 12.4. The van der Waals surface area contributed by atoms with Gasteiger partial charge in [0.1, 0.15) is 5.82 Å². The van der Waals surface area contributed by atoms with Crippen molar-refractivity contribution in [3.05, 3.63) is 82.3 Å². The first-order chi connectivity index (χ1) is 12.6. The number of aromatic amines is 1. The Morgan fingerprint density at radius 3 is 2.58 bits per heavy atom. The Balaban J connectivity index is 1.61. The second kappa shape index (κ2) is 6.83. The van der Waals surface area contributed by atoms with Crippen LogP contribution in [0.25, 0.3) is 22.4 Å². The zero-order valence-corrected chi connectivity index (χ0v) is 15.0. The minimum absolute atomic E-state index is 0.259. The highest BCUT2D eigenvalue weighted by Gasteiger charge is 2.10. The van der Waals surface area contributed by atoms with Crippen molar-refractivity contribution in [2.75, 3.05) is 5.32 Å². The second-order valence-corrected chi connectivity index (χ2v) is 6.58. The summed E-state index contributed by atoms with van der Waals surface area (Å²) in [4.78, 5) is 20.3. The first-order valence-corrected chi connectivity index (χ1v) is 8.67. The lowest BCUT2D eigenvalue weighted by atomic mass is 10.1. The monoisotopic (exact) mass is 381 g/mol. The van der Waals surface area contributed by atoms with Gasteiger partial charge in [-0.05, 0) is 42.5 Å². The number of para-hydroxylation sites is 2. The van der Waals surface area contributed by atoms with Gasteiger partial charge in [-0.15, -0.1) is 0 Å². The number of carbonyl (C=O) groups excluding carboxylic acids is 1. The average molecular weight is 382 g/mol. The molecule has 4 rings (SSSR count). The van der Waals surface area contributed by atoms with E-state index in [4.69, 9.17) is 23.2 Å². The van der Waals surface area contributed by atoms with Gasteiger partial charge in [-0.1, -0.05) is 47.5 Å². The molecule has 6 heteroatoms. The number of halogens is 2. The van der Waals surface area contributed by atoms with E-state index in [2.05, 4.69) is 15.3 Å². The highest BCUT2D eigenvalue weighted by Crippen LogP contribution is 2.25. The number of aromatic nitrogens is 2. The van der Waals surface area contributed by atoms with Gasteiger partial charge in [0.05, 0.1) is 21.1 Å². The predicted molar refractivity (Wildman–Crippen MR) is 106 cm³/mol. The normalized spacial score (nSPS) is 10.8. The molecule has 1 amide bonds. The number of hydrogen-bond donors (Lipinski definition) is 2. The Morgan fingerprint density at radius 2 is 1.77 bits per heavy atom. The van der Waals surface area contributed by atoms with E-state index in [-0.39, 0.29) is 5.91 Å². The summed E-state index contributed by atoms with van der Waals surface area (Å²) >= 11 is 11.9. The van der Waals surface area contributed by atoms with Gasteiger partial charge in [0.2, 0.25) is 0 Å². The lowest BCUT2D eigenvalue weighted by Gasteiger charge is -2.07. The topological polar surface area (TPSA) is 57.8 Å². The Morgan fingerprint density at radius 1 is 0.923 bits per heavy atom. The van der Waals surface area contributed by atoms with Crippen molar-refractivity contribution >= 4 is 45.8 Å². The van der Waals surface area contributed by atoms with Gasteiger partial charge in [0.25, 0.3) is 5.91 Å². The van der Waals surface area contributed by atoms with Crippen LogP contribution in [0.4, 0.5) is 5.69 Å². The van der Waals surface area contributed by atoms with Gasteiger partial charge in [0.15, 0.2) is 0 Å². The molecule has 0 fully saturated rings. The van der Waals surface area contributed by atoms with Crippen LogP contribution >= 0.6 is 23.2 Å². The summed E-state index contributed by atoms with van der Waals surface area (Å²) in [6.07, 6.45) is 0. The number of fused-ring (bicyclic) bond motifs is 1. The fraction of sp³-hybridized carbons (Fsp3) is 0. The highest BCUT2D eigenvalue weighted by atomic mass is 35.5. The lowest BCUT2D eigenvalue weighted by Crippen LogP contribution is -2.11. The number of benzene rings is 3. The third-order valence-electron chi connectivity index (χ3n) is 3.97. The van der Waals surface area contributed by atoms with E-state index in [0.29, 0.717) is 21.3 Å². The Kier molecular flexibility index (Phi) is 4.37. The SMILES string of the molecule is O=C(Nc1cccc(-c2nc3ccccc3[nH]2)c1)c1ccc(Cl)c(Cl)c1. The second-order valence-electron chi connectivity index (χ2n) is 5.77. The molecule has 0 bridgehead atoms. The van der Waals surface area contributed by atoms with Gasteiger partial charge < -0.3 is 10.3 Å². The van der Waals surface area contributed by atoms with E-state index in [1.165, 1.54) is 0 Å². The summed E-state index contributed by atoms with van der Waals surface area (Å²) in [5, 5.41) is 3.62. The molecule has 4 aromatic rings. The fourth-order valence-electron chi connectivity index (χ4n) is 2.67. The number of hydrogen-bond acceptors (Lipinski definition) is 2. The van der Waals surface area contributed by atoms with Crippen LogP contribution in [0.3, 0.4) is 0 Å². The van der Waals surface area contributed by atoms with E-state index >= 15 is 0 Å². The maximum atomic E-state index is 12.4. The fourth-order valence-corrected chi connectivity index (χ4v) is 2.97. The first-order valence-electron chi connectivity index (χ1n) is 7.92. The molecule has 1 heterocycles. The van der Waals surface area contributed by atoms with E-state index in [0.717, 1.165) is 22.4 Å². The first kappa shape index (κ1) is 16.6. The van der Waals surface area contributed by atoms with E-state index in [1.54, 1.807) is 18.2 Å². The summed E-state index contributed by atoms with van der Waals surface area (Å²) in [7, 11) is 0. The molecule has 4 nitrogen and oxygen atoms in total. The molecular weight excluding hydrogens is 369 g/mol. The molecule has 0 saturated heterocycles. The molecular formula is C20H13Cl2N3O. The largest absolute Gasteiger partial charge is 0.338 e. The molecule has 0 spiro atoms. The van der Waals surface area contributed by atoms with Gasteiger partial charge in [0, 0.05) is 16.8 Å². The zero-order valence-electron chi connectivity index (χ0n) is 13.5. The molecule has 128 valence electrons. The summed E-state index contributed by atoms with van der Waals surface area (Å²) in [6.45, 7) is 0. The van der Waals surface area contributed by atoms with Crippen LogP contribution in [0.1, 0.15) is 10.4 Å². The highest BCUT2D eigenvalue weighted by molar-refractivity contribution is 6.42. The summed E-state index contributed by atoms with van der Waals surface area (Å²) in [6, 6.07) is 20.1. The number of nitrogens with zero attached hydrogens (tertiary/aromatic N) is 1. The third-order valence-corrected chi connectivity index (χ3v) is 4.70. The zero-order chi connectivity index (χ0) is 18.1. The minimum Gasteiger partial charge on any atom is -0.338 e. The number of amides is 1. The van der Waals surface area contributed by atoms with E-state index in [1.807, 2.05) is 48.5 Å². The molecule has 1 aromatic heterocycles. The number of carbonyl (C=O) groups is 1. The molecule has 2 N–H and O–H groups in total. The molecule has 26 heavy (non-hydrogen) atoms. The average Bonchev–Trinajstić information content (AvgIpc) is 3.08. The summed E-state index contributed by atoms with van der Waals surface area (Å²) < 4.78 is 0. The van der Waals surface area contributed by atoms with Crippen LogP contribution < -0.4 is 5.32 Å². The van der Waals surface area contributed by atoms with Gasteiger partial charge in [-0.2, -0.15) is 0 Å². The van der Waals surface area contributed by atoms with Crippen molar-refractivity contribution in [2.45, 2.75) is 0 Å². The number of nitrogens with one attached hydrogen (secondary N) is 2. The van der Waals surface area contributed by atoms with E-state index < -0.39 is 0 Å². The van der Waals surface area contributed by atoms with Crippen LogP contribution in [0.5, 0.6) is 0 Å². The van der Waals surface area contributed by atoms with Crippen LogP contribution in [0.2, 0.25) is 10.0 Å². The standard InChI is InChI=1S/C20H13Cl2N3O/c21-15-9-8-13(11-16(15)22)20(26)23-14-5-3-4-12(10-14)19-24-17-6-1-2-7-18(17)25-19/h1-11H,(H,23,26)(H,24,25). The summed E-state index contributed by atoms with van der Waals surface area (Å²) in [5.74, 6) is 0.488. The molecule has 0 aliphatic heterocycles. The van der Waals surface area contributed by atoms with Crippen LogP contribution in [-0.4, -0.2) is 15.9 Å². The smallest absolute Gasteiger partial charge is 0.255 e. The minimum atomic E-state index is -0.259. The number of imidazole rings is 1. The Labute approximate surface area is 159 Å². The van der Waals surface area contributed by atoms with Crippen molar-refractivity contribution in [2.24, 2.45) is 0 Å². The molecule has 0 saturated carbocycles. The maximum Gasteiger partial charge on any atom is 0.255 e. The van der Waals surface area contributed by atoms with Crippen LogP contribution in [0, 0.1) is 0 Å². The summed E-state index contributed by atoms with van der Waals surface area (Å²) in [5.41, 5.74) is 3.85. The van der Waals surface area contributed by atoms with Crippen molar-refractivity contribution in [1.29, 1.82) is 0 Å². The van der Waals surface area contributed by atoms with Gasteiger partial charge in [-0.3, -0.25) is 4.79 Å². The van der Waals surface area contributed by atoms with Crippen molar-refractivity contribution in [1.82, 2.24) is 9.97 Å². The van der Waals surface area contributed by atoms with Crippen molar-refractivity contribution in [3.63, 3.8) is 0 Å². The number of rotatable bonds is 3. The Hall–Kier alpha value is -2.82. The molecule has 0 unspecified atom stereocenters. The van der Waals surface area contributed by atoms with Gasteiger partial charge >= 0.3 is 0 Å². The number of H-pyrrole nitrogens is 1. The molecule has 0 aliphatic carbocycles.